The Kier molecular flexibility index (Phi) is 4.27. The Morgan fingerprint density at radius 2 is 1.90 bits per heavy atom. The molecule has 0 aliphatic carbocycles. The van der Waals surface area contributed by atoms with Crippen molar-refractivity contribution >= 4 is 17.7 Å². The number of carbonyl (C=O) groups is 2. The van der Waals surface area contributed by atoms with Crippen molar-refractivity contribution in [3.05, 3.63) is 53.0 Å². The van der Waals surface area contributed by atoms with Crippen molar-refractivity contribution < 1.29 is 19.1 Å². The van der Waals surface area contributed by atoms with Gasteiger partial charge in [0.25, 0.3) is 0 Å². The highest BCUT2D eigenvalue weighted by atomic mass is 16.4. The van der Waals surface area contributed by atoms with Crippen molar-refractivity contribution in [3.8, 4) is 0 Å². The zero-order valence-corrected chi connectivity index (χ0v) is 11.8. The van der Waals surface area contributed by atoms with Crippen molar-refractivity contribution in [2.75, 3.05) is 5.32 Å². The third-order valence-corrected chi connectivity index (χ3v) is 3.06. The molecule has 1 aromatic heterocycles. The molecule has 0 spiro atoms. The lowest BCUT2D eigenvalue weighted by Gasteiger charge is -2.08. The number of carboxylic acids is 1. The van der Waals surface area contributed by atoms with Crippen LogP contribution < -0.4 is 10.6 Å². The number of amides is 2. The van der Waals surface area contributed by atoms with Gasteiger partial charge in [-0.3, -0.25) is 0 Å². The number of aryl methyl sites for hydroxylation is 2. The molecule has 0 aliphatic heterocycles. The number of furan rings is 1. The summed E-state index contributed by atoms with van der Waals surface area (Å²) in [5.41, 5.74) is 2.93. The molecule has 6 nitrogen and oxygen atoms in total. The van der Waals surface area contributed by atoms with Crippen LogP contribution in [0.2, 0.25) is 0 Å². The molecule has 2 rings (SSSR count). The Morgan fingerprint density at radius 3 is 2.52 bits per heavy atom. The molecule has 110 valence electrons. The van der Waals surface area contributed by atoms with E-state index in [0.717, 1.165) is 11.1 Å². The van der Waals surface area contributed by atoms with Gasteiger partial charge in [-0.1, -0.05) is 6.07 Å². The SMILES string of the molecule is Cc1ccc(NC(=O)NCc2ccc(C(=O)O)o2)cc1C. The van der Waals surface area contributed by atoms with Crippen LogP contribution in [0.1, 0.15) is 27.4 Å². The molecule has 3 N–H and O–H groups in total. The van der Waals surface area contributed by atoms with E-state index in [1.54, 1.807) is 0 Å². The number of hydrogen-bond donors (Lipinski definition) is 3. The molecule has 0 aliphatic rings. The number of carbonyl (C=O) groups excluding carboxylic acids is 1. The minimum atomic E-state index is -1.14. The number of anilines is 1. The van der Waals surface area contributed by atoms with Crippen LogP contribution in [0.5, 0.6) is 0 Å². The summed E-state index contributed by atoms with van der Waals surface area (Å²) >= 11 is 0. The van der Waals surface area contributed by atoms with Crippen LogP contribution in [0.3, 0.4) is 0 Å². The van der Waals surface area contributed by atoms with Gasteiger partial charge in [-0.2, -0.15) is 0 Å². The lowest BCUT2D eigenvalue weighted by molar-refractivity contribution is 0.0660. The molecule has 2 aromatic rings. The van der Waals surface area contributed by atoms with E-state index in [1.165, 1.54) is 12.1 Å². The zero-order valence-electron chi connectivity index (χ0n) is 11.8. The highest BCUT2D eigenvalue weighted by Crippen LogP contribution is 2.14. The van der Waals surface area contributed by atoms with Gasteiger partial charge in [0.05, 0.1) is 6.54 Å². The molecule has 2 amide bonds. The number of rotatable bonds is 4. The van der Waals surface area contributed by atoms with E-state index in [1.807, 2.05) is 32.0 Å². The van der Waals surface area contributed by atoms with Gasteiger partial charge in [0.15, 0.2) is 0 Å². The Hall–Kier alpha value is -2.76. The molecule has 21 heavy (non-hydrogen) atoms. The van der Waals surface area contributed by atoms with E-state index >= 15 is 0 Å². The number of benzene rings is 1. The first-order valence-electron chi connectivity index (χ1n) is 6.40. The molecular formula is C15H16N2O4. The quantitative estimate of drug-likeness (QED) is 0.806. The Morgan fingerprint density at radius 1 is 1.14 bits per heavy atom. The summed E-state index contributed by atoms with van der Waals surface area (Å²) in [6.45, 7) is 4.08. The summed E-state index contributed by atoms with van der Waals surface area (Å²) in [7, 11) is 0. The highest BCUT2D eigenvalue weighted by molar-refractivity contribution is 5.89. The van der Waals surface area contributed by atoms with Gasteiger partial charge in [-0.05, 0) is 49.2 Å². The van der Waals surface area contributed by atoms with Gasteiger partial charge < -0.3 is 20.2 Å². The first kappa shape index (κ1) is 14.6. The van der Waals surface area contributed by atoms with Crippen molar-refractivity contribution in [1.29, 1.82) is 0 Å². The standard InChI is InChI=1S/C15H16N2O4/c1-9-3-4-11(7-10(9)2)17-15(20)16-8-12-5-6-13(21-12)14(18)19/h3-7H,8H2,1-2H3,(H,18,19)(H2,16,17,20). The number of urea groups is 1. The van der Waals surface area contributed by atoms with E-state index in [0.29, 0.717) is 11.4 Å². The van der Waals surface area contributed by atoms with Crippen LogP contribution in [0, 0.1) is 13.8 Å². The lowest BCUT2D eigenvalue weighted by atomic mass is 10.1. The fourth-order valence-electron chi connectivity index (χ4n) is 1.75. The minimum Gasteiger partial charge on any atom is -0.475 e. The van der Waals surface area contributed by atoms with Crippen molar-refractivity contribution in [2.45, 2.75) is 20.4 Å². The molecule has 0 bridgehead atoms. The Labute approximate surface area is 121 Å². The first-order chi connectivity index (χ1) is 9.95. The number of hydrogen-bond acceptors (Lipinski definition) is 3. The van der Waals surface area contributed by atoms with Gasteiger partial charge in [0.1, 0.15) is 5.76 Å². The fraction of sp³-hybridized carbons (Fsp3) is 0.200. The topological polar surface area (TPSA) is 91.6 Å². The summed E-state index contributed by atoms with van der Waals surface area (Å²) in [5, 5.41) is 14.0. The van der Waals surface area contributed by atoms with Gasteiger partial charge in [-0.25, -0.2) is 9.59 Å². The monoisotopic (exact) mass is 288 g/mol. The summed E-state index contributed by atoms with van der Waals surface area (Å²) in [5.74, 6) is -0.912. The second-order valence-electron chi connectivity index (χ2n) is 4.68. The summed E-state index contributed by atoms with van der Waals surface area (Å²) in [4.78, 5) is 22.4. The van der Waals surface area contributed by atoms with Crippen molar-refractivity contribution in [2.24, 2.45) is 0 Å². The number of nitrogens with one attached hydrogen (secondary N) is 2. The normalized spacial score (nSPS) is 10.2. The van der Waals surface area contributed by atoms with Crippen LogP contribution in [-0.2, 0) is 6.54 Å². The summed E-state index contributed by atoms with van der Waals surface area (Å²) < 4.78 is 5.04. The predicted octanol–water partition coefficient (Wildman–Crippen LogP) is 2.92. The van der Waals surface area contributed by atoms with E-state index in [9.17, 15) is 9.59 Å². The molecule has 1 heterocycles. The molecule has 0 saturated heterocycles. The average Bonchev–Trinajstić information content (AvgIpc) is 2.90. The van der Waals surface area contributed by atoms with Crippen molar-refractivity contribution in [1.82, 2.24) is 5.32 Å². The minimum absolute atomic E-state index is 0.115. The third kappa shape index (κ3) is 3.85. The molecule has 0 atom stereocenters. The Bertz CT molecular complexity index is 676. The third-order valence-electron chi connectivity index (χ3n) is 3.06. The second-order valence-corrected chi connectivity index (χ2v) is 4.68. The van der Waals surface area contributed by atoms with Gasteiger partial charge in [-0.15, -0.1) is 0 Å². The van der Waals surface area contributed by atoms with E-state index in [4.69, 9.17) is 9.52 Å². The van der Waals surface area contributed by atoms with Crippen LogP contribution in [0.15, 0.2) is 34.7 Å². The van der Waals surface area contributed by atoms with Crippen LogP contribution in [-0.4, -0.2) is 17.1 Å². The molecule has 0 saturated carbocycles. The molecule has 1 aromatic carbocycles. The highest BCUT2D eigenvalue weighted by Gasteiger charge is 2.09. The molecule has 0 unspecified atom stereocenters. The smallest absolute Gasteiger partial charge is 0.371 e. The van der Waals surface area contributed by atoms with Crippen LogP contribution in [0.25, 0.3) is 0 Å². The lowest BCUT2D eigenvalue weighted by Crippen LogP contribution is -2.28. The zero-order chi connectivity index (χ0) is 15.4. The van der Waals surface area contributed by atoms with Crippen molar-refractivity contribution in [3.63, 3.8) is 0 Å². The molecule has 0 fully saturated rings. The number of aromatic carboxylic acids is 1. The van der Waals surface area contributed by atoms with Gasteiger partial charge >= 0.3 is 12.0 Å². The van der Waals surface area contributed by atoms with Crippen LogP contribution >= 0.6 is 0 Å². The maximum atomic E-state index is 11.7. The first-order valence-corrected chi connectivity index (χ1v) is 6.40. The molecular weight excluding hydrogens is 272 g/mol. The van der Waals surface area contributed by atoms with Gasteiger partial charge in [0.2, 0.25) is 5.76 Å². The van der Waals surface area contributed by atoms with E-state index < -0.39 is 5.97 Å². The maximum absolute atomic E-state index is 11.7. The predicted molar refractivity (Wildman–Crippen MR) is 77.4 cm³/mol. The van der Waals surface area contributed by atoms with E-state index in [2.05, 4.69) is 10.6 Å². The molecule has 6 heteroatoms. The summed E-state index contributed by atoms with van der Waals surface area (Å²) in [6, 6.07) is 8.10. The van der Waals surface area contributed by atoms with Crippen LogP contribution in [0.4, 0.5) is 10.5 Å². The van der Waals surface area contributed by atoms with E-state index in [-0.39, 0.29) is 18.3 Å². The maximum Gasteiger partial charge on any atom is 0.371 e. The fourth-order valence-corrected chi connectivity index (χ4v) is 1.75. The summed E-state index contributed by atoms with van der Waals surface area (Å²) in [6.07, 6.45) is 0. The Balaban J connectivity index is 1.89. The largest absolute Gasteiger partial charge is 0.475 e. The average molecular weight is 288 g/mol. The second kappa shape index (κ2) is 6.13. The van der Waals surface area contributed by atoms with Gasteiger partial charge in [0, 0.05) is 5.69 Å². The number of carboxylic acid groups (broad SMARTS) is 1. The molecule has 0 radical (unpaired) electrons.